The van der Waals surface area contributed by atoms with Crippen LogP contribution in [-0.4, -0.2) is 69.9 Å². The van der Waals surface area contributed by atoms with Crippen LogP contribution in [0.2, 0.25) is 0 Å². The van der Waals surface area contributed by atoms with Crippen LogP contribution in [0, 0.1) is 13.8 Å². The Hall–Kier alpha value is -2.13. The highest BCUT2D eigenvalue weighted by molar-refractivity contribution is 7.89. The van der Waals surface area contributed by atoms with Gasteiger partial charge in [-0.25, -0.2) is 13.1 Å². The van der Waals surface area contributed by atoms with Gasteiger partial charge in [0.2, 0.25) is 21.8 Å². The molecule has 1 aliphatic heterocycles. The Morgan fingerprint density at radius 3 is 2.15 bits per heavy atom. The molecule has 0 unspecified atom stereocenters. The highest BCUT2D eigenvalue weighted by Crippen LogP contribution is 2.27. The summed E-state index contributed by atoms with van der Waals surface area (Å²) >= 11 is 0. The maximum atomic E-state index is 12.6. The second-order valence-corrected chi connectivity index (χ2v) is 8.03. The van der Waals surface area contributed by atoms with E-state index in [1.54, 1.807) is 15.9 Å². The van der Waals surface area contributed by atoms with Crippen LogP contribution in [-0.2, 0) is 19.6 Å². The van der Waals surface area contributed by atoms with E-state index in [1.807, 2.05) is 13.8 Å². The molecule has 8 nitrogen and oxygen atoms in total. The summed E-state index contributed by atoms with van der Waals surface area (Å²) in [6.45, 7) is 6.54. The molecule has 26 heavy (non-hydrogen) atoms. The van der Waals surface area contributed by atoms with Crippen molar-refractivity contribution < 1.29 is 22.7 Å². The number of aryl methyl sites for hydroxylation is 2. The summed E-state index contributed by atoms with van der Waals surface area (Å²) in [7, 11) is -2.48. The minimum absolute atomic E-state index is 0.0114. The van der Waals surface area contributed by atoms with Gasteiger partial charge in [0.1, 0.15) is 10.6 Å². The second-order valence-electron chi connectivity index (χ2n) is 6.30. The van der Waals surface area contributed by atoms with Crippen molar-refractivity contribution in [2.24, 2.45) is 0 Å². The summed E-state index contributed by atoms with van der Waals surface area (Å²) < 4.78 is 32.7. The minimum Gasteiger partial charge on any atom is -0.495 e. The Balaban J connectivity index is 2.04. The molecule has 1 fully saturated rings. The fraction of sp³-hybridized carbons (Fsp3) is 0.529. The Labute approximate surface area is 154 Å². The van der Waals surface area contributed by atoms with Crippen molar-refractivity contribution in [1.29, 1.82) is 0 Å². The summed E-state index contributed by atoms with van der Waals surface area (Å²) in [5.74, 6) is -0.109. The van der Waals surface area contributed by atoms with Gasteiger partial charge in [-0.1, -0.05) is 0 Å². The zero-order chi connectivity index (χ0) is 19.5. The lowest BCUT2D eigenvalue weighted by Gasteiger charge is -2.34. The van der Waals surface area contributed by atoms with Crippen LogP contribution in [0.5, 0.6) is 5.75 Å². The number of piperazine rings is 1. The monoisotopic (exact) mass is 383 g/mol. The van der Waals surface area contributed by atoms with E-state index in [9.17, 15) is 18.0 Å². The van der Waals surface area contributed by atoms with Crippen molar-refractivity contribution in [3.63, 3.8) is 0 Å². The van der Waals surface area contributed by atoms with E-state index in [2.05, 4.69) is 4.72 Å². The molecule has 1 N–H and O–H groups in total. The third-order valence-corrected chi connectivity index (χ3v) is 5.98. The van der Waals surface area contributed by atoms with Crippen LogP contribution in [0.4, 0.5) is 0 Å². The first-order valence-corrected chi connectivity index (χ1v) is 9.82. The smallest absolute Gasteiger partial charge is 0.244 e. The molecule has 1 saturated heterocycles. The molecule has 9 heteroatoms. The van der Waals surface area contributed by atoms with Crippen molar-refractivity contribution in [2.75, 3.05) is 39.8 Å². The lowest BCUT2D eigenvalue weighted by atomic mass is 10.1. The molecule has 0 saturated carbocycles. The number of ether oxygens (including phenoxy) is 1. The van der Waals surface area contributed by atoms with Crippen LogP contribution in [0.1, 0.15) is 18.1 Å². The predicted molar refractivity (Wildman–Crippen MR) is 96.5 cm³/mol. The van der Waals surface area contributed by atoms with Gasteiger partial charge in [-0.2, -0.15) is 0 Å². The third-order valence-electron chi connectivity index (χ3n) is 4.56. The number of methoxy groups -OCH3 is 1. The van der Waals surface area contributed by atoms with Gasteiger partial charge in [0, 0.05) is 33.1 Å². The lowest BCUT2D eigenvalue weighted by Crippen LogP contribution is -2.52. The largest absolute Gasteiger partial charge is 0.495 e. The quantitative estimate of drug-likeness (QED) is 0.788. The van der Waals surface area contributed by atoms with E-state index in [-0.39, 0.29) is 29.0 Å². The molecule has 1 aromatic rings. The van der Waals surface area contributed by atoms with E-state index in [4.69, 9.17) is 4.74 Å². The van der Waals surface area contributed by atoms with Crippen molar-refractivity contribution in [3.05, 3.63) is 23.3 Å². The highest BCUT2D eigenvalue weighted by Gasteiger charge is 2.25. The molecule has 0 aromatic heterocycles. The van der Waals surface area contributed by atoms with E-state index in [0.717, 1.165) is 11.1 Å². The van der Waals surface area contributed by atoms with Crippen molar-refractivity contribution in [3.8, 4) is 5.75 Å². The molecule has 144 valence electrons. The van der Waals surface area contributed by atoms with Crippen LogP contribution in [0.15, 0.2) is 17.0 Å². The molecule has 2 amide bonds. The zero-order valence-corrected chi connectivity index (χ0v) is 16.4. The maximum Gasteiger partial charge on any atom is 0.244 e. The first kappa shape index (κ1) is 20.2. The topological polar surface area (TPSA) is 96.0 Å². The Morgan fingerprint density at radius 1 is 1.08 bits per heavy atom. The number of carbonyl (C=O) groups excluding carboxylic acids is 2. The molecule has 0 aliphatic carbocycles. The van der Waals surface area contributed by atoms with Gasteiger partial charge in [0.05, 0.1) is 13.7 Å². The summed E-state index contributed by atoms with van der Waals surface area (Å²) in [6, 6.07) is 3.19. The standard InChI is InChI=1S/C17H25N3O5S/c1-12-9-15(25-4)16(10-13(12)2)26(23,24)18-11-17(22)20-7-5-19(6-8-20)14(3)21/h9-10,18H,5-8,11H2,1-4H3. The van der Waals surface area contributed by atoms with Gasteiger partial charge in [-0.15, -0.1) is 0 Å². The minimum atomic E-state index is -3.89. The van der Waals surface area contributed by atoms with Crippen molar-refractivity contribution in [1.82, 2.24) is 14.5 Å². The molecule has 1 aliphatic rings. The number of nitrogens with one attached hydrogen (secondary N) is 1. The van der Waals surface area contributed by atoms with Gasteiger partial charge >= 0.3 is 0 Å². The normalized spacial score (nSPS) is 15.1. The molecular formula is C17H25N3O5S. The van der Waals surface area contributed by atoms with E-state index >= 15 is 0 Å². The average Bonchev–Trinajstić information content (AvgIpc) is 2.61. The van der Waals surface area contributed by atoms with E-state index in [0.29, 0.717) is 26.2 Å². The van der Waals surface area contributed by atoms with Crippen molar-refractivity contribution >= 4 is 21.8 Å². The number of carbonyl (C=O) groups is 2. The summed E-state index contributed by atoms with van der Waals surface area (Å²) in [6.07, 6.45) is 0. The number of hydrogen-bond donors (Lipinski definition) is 1. The van der Waals surface area contributed by atoms with E-state index in [1.165, 1.54) is 20.1 Å². The predicted octanol–water partition coefficient (Wildman–Crippen LogP) is 0.281. The van der Waals surface area contributed by atoms with Crippen LogP contribution >= 0.6 is 0 Å². The van der Waals surface area contributed by atoms with Gasteiger partial charge in [-0.3, -0.25) is 9.59 Å². The number of sulfonamides is 1. The van der Waals surface area contributed by atoms with Crippen LogP contribution in [0.25, 0.3) is 0 Å². The first-order valence-electron chi connectivity index (χ1n) is 8.34. The molecule has 1 heterocycles. The van der Waals surface area contributed by atoms with Gasteiger partial charge in [-0.05, 0) is 37.1 Å². The Morgan fingerprint density at radius 2 is 1.62 bits per heavy atom. The molecule has 0 bridgehead atoms. The first-order chi connectivity index (χ1) is 12.2. The maximum absolute atomic E-state index is 12.6. The SMILES string of the molecule is COc1cc(C)c(C)cc1S(=O)(=O)NCC(=O)N1CCN(C(C)=O)CC1. The number of benzene rings is 1. The fourth-order valence-electron chi connectivity index (χ4n) is 2.75. The summed E-state index contributed by atoms with van der Waals surface area (Å²) in [5.41, 5.74) is 1.73. The lowest BCUT2D eigenvalue weighted by molar-refractivity contribution is -0.137. The van der Waals surface area contributed by atoms with Gasteiger partial charge < -0.3 is 14.5 Å². The van der Waals surface area contributed by atoms with Crippen LogP contribution < -0.4 is 9.46 Å². The Kier molecular flexibility index (Phi) is 6.25. The fourth-order valence-corrected chi connectivity index (χ4v) is 3.96. The molecular weight excluding hydrogens is 358 g/mol. The molecule has 0 radical (unpaired) electrons. The van der Waals surface area contributed by atoms with Crippen LogP contribution in [0.3, 0.4) is 0 Å². The summed E-state index contributed by atoms with van der Waals surface area (Å²) in [4.78, 5) is 26.8. The van der Waals surface area contributed by atoms with Gasteiger partial charge in [0.15, 0.2) is 0 Å². The molecule has 0 atom stereocenters. The van der Waals surface area contributed by atoms with E-state index < -0.39 is 10.0 Å². The number of rotatable bonds is 5. The molecule has 0 spiro atoms. The van der Waals surface area contributed by atoms with Crippen molar-refractivity contribution in [2.45, 2.75) is 25.7 Å². The average molecular weight is 383 g/mol. The zero-order valence-electron chi connectivity index (χ0n) is 15.5. The molecule has 2 rings (SSSR count). The second kappa shape index (κ2) is 8.05. The summed E-state index contributed by atoms with van der Waals surface area (Å²) in [5, 5.41) is 0. The Bertz CT molecular complexity index is 799. The third kappa shape index (κ3) is 4.53. The number of amides is 2. The number of nitrogens with zero attached hydrogens (tertiary/aromatic N) is 2. The number of hydrogen-bond acceptors (Lipinski definition) is 5. The molecule has 1 aromatic carbocycles. The van der Waals surface area contributed by atoms with Gasteiger partial charge in [0.25, 0.3) is 0 Å². The highest BCUT2D eigenvalue weighted by atomic mass is 32.2.